The molecule has 1 saturated heterocycles. The fraction of sp³-hybridized carbons (Fsp3) is 0.619. The highest BCUT2D eigenvalue weighted by molar-refractivity contribution is 5.81. The van der Waals surface area contributed by atoms with Crippen molar-refractivity contribution in [2.75, 3.05) is 33.8 Å². The van der Waals surface area contributed by atoms with Gasteiger partial charge in [0.1, 0.15) is 5.75 Å². The van der Waals surface area contributed by atoms with E-state index in [-0.39, 0.29) is 12.0 Å². The number of hydrogen-bond acceptors (Lipinski definition) is 3. The van der Waals surface area contributed by atoms with Crippen LogP contribution < -0.4 is 15.4 Å². The van der Waals surface area contributed by atoms with Crippen LogP contribution in [0.15, 0.2) is 29.3 Å². The van der Waals surface area contributed by atoms with Crippen LogP contribution in [-0.4, -0.2) is 56.6 Å². The highest BCUT2D eigenvalue weighted by Gasteiger charge is 2.32. The number of methoxy groups -OCH3 is 1. The van der Waals surface area contributed by atoms with Crippen LogP contribution in [0.4, 0.5) is 0 Å². The van der Waals surface area contributed by atoms with E-state index in [1.165, 1.54) is 18.4 Å². The van der Waals surface area contributed by atoms with Crippen molar-refractivity contribution in [2.45, 2.75) is 44.6 Å². The molecule has 0 spiro atoms. The molecular weight excluding hydrogens is 340 g/mol. The molecule has 1 saturated carbocycles. The molecule has 2 fully saturated rings. The van der Waals surface area contributed by atoms with Gasteiger partial charge in [-0.05, 0) is 43.4 Å². The molecule has 3 rings (SSSR count). The monoisotopic (exact) mass is 372 g/mol. The molecule has 0 bridgehead atoms. The van der Waals surface area contributed by atoms with Crippen molar-refractivity contribution in [1.82, 2.24) is 15.5 Å². The third kappa shape index (κ3) is 5.37. The minimum atomic E-state index is 0.269. The predicted octanol–water partition coefficient (Wildman–Crippen LogP) is 2.19. The van der Waals surface area contributed by atoms with Gasteiger partial charge in [0.25, 0.3) is 0 Å². The van der Waals surface area contributed by atoms with Gasteiger partial charge in [-0.25, -0.2) is 0 Å². The van der Waals surface area contributed by atoms with Crippen LogP contribution in [0.3, 0.4) is 0 Å². The minimum Gasteiger partial charge on any atom is -0.497 e. The second-order valence-corrected chi connectivity index (χ2v) is 7.49. The Hall–Kier alpha value is -2.24. The Labute approximate surface area is 162 Å². The minimum absolute atomic E-state index is 0.269. The molecular formula is C21H32N4O2. The molecule has 148 valence electrons. The number of likely N-dealkylation sites (tertiary alicyclic amines) is 1. The van der Waals surface area contributed by atoms with Crippen LogP contribution in [-0.2, 0) is 11.2 Å². The Balaban J connectivity index is 1.40. The smallest absolute Gasteiger partial charge is 0.225 e. The lowest BCUT2D eigenvalue weighted by molar-refractivity contribution is -0.134. The van der Waals surface area contributed by atoms with Crippen LogP contribution in [0.25, 0.3) is 0 Å². The first-order valence-electron chi connectivity index (χ1n) is 10.1. The third-order valence-electron chi connectivity index (χ3n) is 5.63. The average Bonchev–Trinajstić information content (AvgIpc) is 3.39. The molecule has 0 radical (unpaired) electrons. The predicted molar refractivity (Wildman–Crippen MR) is 108 cm³/mol. The van der Waals surface area contributed by atoms with Gasteiger partial charge in [0.05, 0.1) is 7.11 Å². The van der Waals surface area contributed by atoms with Crippen molar-refractivity contribution < 1.29 is 9.53 Å². The molecule has 0 aromatic heterocycles. The van der Waals surface area contributed by atoms with E-state index in [2.05, 4.69) is 27.8 Å². The normalized spacial score (nSPS) is 20.7. The van der Waals surface area contributed by atoms with Gasteiger partial charge >= 0.3 is 0 Å². The van der Waals surface area contributed by atoms with E-state index in [1.807, 2.05) is 17.0 Å². The number of guanidine groups is 1. The van der Waals surface area contributed by atoms with Crippen molar-refractivity contribution in [3.63, 3.8) is 0 Å². The maximum absolute atomic E-state index is 12.6. The number of nitrogens with one attached hydrogen (secondary N) is 2. The Kier molecular flexibility index (Phi) is 6.96. The number of hydrogen-bond donors (Lipinski definition) is 2. The summed E-state index contributed by atoms with van der Waals surface area (Å²) in [7, 11) is 3.47. The average molecular weight is 373 g/mol. The fourth-order valence-corrected chi connectivity index (χ4v) is 4.01. The van der Waals surface area contributed by atoms with Gasteiger partial charge in [0.2, 0.25) is 5.91 Å². The lowest BCUT2D eigenvalue weighted by Gasteiger charge is -2.21. The molecule has 1 aliphatic heterocycles. The van der Waals surface area contributed by atoms with Gasteiger partial charge in [-0.1, -0.05) is 25.0 Å². The van der Waals surface area contributed by atoms with Crippen molar-refractivity contribution in [3.05, 3.63) is 29.8 Å². The molecule has 1 unspecified atom stereocenters. The van der Waals surface area contributed by atoms with E-state index < -0.39 is 0 Å². The zero-order chi connectivity index (χ0) is 19.1. The molecule has 6 heteroatoms. The first kappa shape index (κ1) is 19.5. The van der Waals surface area contributed by atoms with Gasteiger partial charge in [0, 0.05) is 38.6 Å². The van der Waals surface area contributed by atoms with Gasteiger partial charge in [-0.15, -0.1) is 0 Å². The number of rotatable bonds is 6. The van der Waals surface area contributed by atoms with Gasteiger partial charge in [-0.3, -0.25) is 9.79 Å². The summed E-state index contributed by atoms with van der Waals surface area (Å²) in [5, 5.41) is 6.85. The van der Waals surface area contributed by atoms with E-state index in [0.717, 1.165) is 57.0 Å². The highest BCUT2D eigenvalue weighted by atomic mass is 16.5. The standard InChI is InChI=1S/C21H32N4O2/c1-22-21(23-13-11-16-7-9-19(27-2)10-8-16)24-18-12-14-25(15-18)20(26)17-5-3-4-6-17/h7-10,17-18H,3-6,11-15H2,1-2H3,(H2,22,23,24). The lowest BCUT2D eigenvalue weighted by atomic mass is 10.1. The molecule has 1 amide bonds. The van der Waals surface area contributed by atoms with Crippen LogP contribution in [0.1, 0.15) is 37.7 Å². The number of nitrogens with zero attached hydrogens (tertiary/aromatic N) is 2. The Morgan fingerprint density at radius 3 is 2.63 bits per heavy atom. The van der Waals surface area contributed by atoms with Gasteiger partial charge in [0.15, 0.2) is 5.96 Å². The molecule has 2 N–H and O–H groups in total. The molecule has 1 heterocycles. The van der Waals surface area contributed by atoms with E-state index in [9.17, 15) is 4.79 Å². The first-order valence-corrected chi connectivity index (χ1v) is 10.1. The Bertz CT molecular complexity index is 638. The molecule has 1 atom stereocenters. The summed E-state index contributed by atoms with van der Waals surface area (Å²) in [5.41, 5.74) is 1.26. The fourth-order valence-electron chi connectivity index (χ4n) is 4.01. The number of ether oxygens (including phenoxy) is 1. The van der Waals surface area contributed by atoms with Crippen molar-refractivity contribution in [3.8, 4) is 5.75 Å². The number of aliphatic imine (C=N–C) groups is 1. The second kappa shape index (κ2) is 9.62. The topological polar surface area (TPSA) is 66.0 Å². The van der Waals surface area contributed by atoms with Crippen LogP contribution in [0, 0.1) is 5.92 Å². The third-order valence-corrected chi connectivity index (χ3v) is 5.63. The maximum Gasteiger partial charge on any atom is 0.225 e. The van der Waals surface area contributed by atoms with Crippen LogP contribution >= 0.6 is 0 Å². The lowest BCUT2D eigenvalue weighted by Crippen LogP contribution is -2.45. The van der Waals surface area contributed by atoms with Crippen LogP contribution in [0.2, 0.25) is 0 Å². The zero-order valence-corrected chi connectivity index (χ0v) is 16.5. The van der Waals surface area contributed by atoms with Crippen LogP contribution in [0.5, 0.6) is 5.75 Å². The van der Waals surface area contributed by atoms with Crippen molar-refractivity contribution in [2.24, 2.45) is 10.9 Å². The highest BCUT2D eigenvalue weighted by Crippen LogP contribution is 2.27. The zero-order valence-electron chi connectivity index (χ0n) is 16.5. The maximum atomic E-state index is 12.6. The van der Waals surface area contributed by atoms with E-state index >= 15 is 0 Å². The quantitative estimate of drug-likeness (QED) is 0.593. The van der Waals surface area contributed by atoms with Gasteiger partial charge in [-0.2, -0.15) is 0 Å². The molecule has 6 nitrogen and oxygen atoms in total. The van der Waals surface area contributed by atoms with Crippen molar-refractivity contribution >= 4 is 11.9 Å². The van der Waals surface area contributed by atoms with E-state index in [4.69, 9.17) is 4.74 Å². The molecule has 27 heavy (non-hydrogen) atoms. The van der Waals surface area contributed by atoms with Crippen molar-refractivity contribution in [1.29, 1.82) is 0 Å². The summed E-state index contributed by atoms with van der Waals surface area (Å²) in [5.74, 6) is 2.32. The Morgan fingerprint density at radius 1 is 1.22 bits per heavy atom. The Morgan fingerprint density at radius 2 is 1.96 bits per heavy atom. The number of carbonyl (C=O) groups excluding carboxylic acids is 1. The first-order chi connectivity index (χ1) is 13.2. The summed E-state index contributed by atoms with van der Waals surface area (Å²) >= 11 is 0. The summed E-state index contributed by atoms with van der Waals surface area (Å²) in [4.78, 5) is 18.9. The summed E-state index contributed by atoms with van der Waals surface area (Å²) in [6.45, 7) is 2.45. The van der Waals surface area contributed by atoms with Gasteiger partial charge < -0.3 is 20.3 Å². The molecule has 1 aliphatic carbocycles. The summed E-state index contributed by atoms with van der Waals surface area (Å²) < 4.78 is 5.19. The second-order valence-electron chi connectivity index (χ2n) is 7.49. The summed E-state index contributed by atoms with van der Waals surface area (Å²) in [6, 6.07) is 8.41. The largest absolute Gasteiger partial charge is 0.497 e. The number of amides is 1. The number of carbonyl (C=O) groups is 1. The summed E-state index contributed by atoms with van der Waals surface area (Å²) in [6.07, 6.45) is 6.46. The van der Waals surface area contributed by atoms with E-state index in [1.54, 1.807) is 14.2 Å². The molecule has 1 aromatic rings. The molecule has 2 aliphatic rings. The van der Waals surface area contributed by atoms with E-state index in [0.29, 0.717) is 5.91 Å². The SMILES string of the molecule is CN=C(NCCc1ccc(OC)cc1)NC1CCN(C(=O)C2CCCC2)C1. The molecule has 1 aromatic carbocycles. The number of benzene rings is 1.